The zero-order valence-corrected chi connectivity index (χ0v) is 15.6. The Labute approximate surface area is 141 Å². The van der Waals surface area contributed by atoms with E-state index in [4.69, 9.17) is 5.73 Å². The fourth-order valence-electron chi connectivity index (χ4n) is 2.86. The number of unbranched alkanes of at least 4 members (excludes halogenated alkanes) is 12. The molecular weight excluding hydrogens is 266 g/mol. The Morgan fingerprint density at radius 1 is 0.636 bits per heavy atom. The molecule has 0 bridgehead atoms. The Balaban J connectivity index is 3.08. The van der Waals surface area contributed by atoms with E-state index in [9.17, 15) is 0 Å². The van der Waals surface area contributed by atoms with E-state index in [0.29, 0.717) is 6.04 Å². The summed E-state index contributed by atoms with van der Waals surface area (Å²) in [5.74, 6) is 0. The Morgan fingerprint density at radius 3 is 1.59 bits per heavy atom. The summed E-state index contributed by atoms with van der Waals surface area (Å²) in [5.41, 5.74) is 5.93. The highest BCUT2D eigenvalue weighted by molar-refractivity contribution is 4.81. The first kappa shape index (κ1) is 21.7. The van der Waals surface area contributed by atoms with Gasteiger partial charge in [0.25, 0.3) is 0 Å². The molecule has 1 nitrogen and oxygen atoms in total. The van der Waals surface area contributed by atoms with Crippen LogP contribution in [0.15, 0.2) is 12.2 Å². The largest absolute Gasteiger partial charge is 0.328 e. The second-order valence-electron chi connectivity index (χ2n) is 6.89. The predicted octanol–water partition coefficient (Wildman–Crippen LogP) is 7.15. The lowest BCUT2D eigenvalue weighted by Crippen LogP contribution is -2.17. The Morgan fingerprint density at radius 2 is 1.09 bits per heavy atom. The van der Waals surface area contributed by atoms with Crippen molar-refractivity contribution in [3.8, 4) is 0 Å². The summed E-state index contributed by atoms with van der Waals surface area (Å²) in [4.78, 5) is 0. The van der Waals surface area contributed by atoms with E-state index in [1.54, 1.807) is 0 Å². The predicted molar refractivity (Wildman–Crippen MR) is 102 cm³/mol. The third kappa shape index (κ3) is 17.8. The van der Waals surface area contributed by atoms with Gasteiger partial charge in [0.1, 0.15) is 0 Å². The normalized spacial score (nSPS) is 13.0. The molecule has 22 heavy (non-hydrogen) atoms. The average Bonchev–Trinajstić information content (AvgIpc) is 2.54. The summed E-state index contributed by atoms with van der Waals surface area (Å²) in [6, 6.07) is 0.441. The molecule has 0 aliphatic carbocycles. The fraction of sp³-hybridized carbons (Fsp3) is 0.905. The third-order valence-corrected chi connectivity index (χ3v) is 4.61. The van der Waals surface area contributed by atoms with Crippen LogP contribution in [0.5, 0.6) is 0 Å². The van der Waals surface area contributed by atoms with Gasteiger partial charge in [-0.3, -0.25) is 0 Å². The second-order valence-corrected chi connectivity index (χ2v) is 6.89. The molecule has 0 heterocycles. The summed E-state index contributed by atoms with van der Waals surface area (Å²) in [7, 11) is 0. The molecule has 1 atom stereocenters. The first-order valence-corrected chi connectivity index (χ1v) is 10.2. The van der Waals surface area contributed by atoms with E-state index in [0.717, 1.165) is 6.42 Å². The van der Waals surface area contributed by atoms with Crippen molar-refractivity contribution in [3.63, 3.8) is 0 Å². The van der Waals surface area contributed by atoms with Gasteiger partial charge in [-0.15, -0.1) is 0 Å². The van der Waals surface area contributed by atoms with E-state index in [1.807, 2.05) is 0 Å². The van der Waals surface area contributed by atoms with Crippen molar-refractivity contribution in [2.45, 2.75) is 123 Å². The van der Waals surface area contributed by atoms with Crippen molar-refractivity contribution in [1.29, 1.82) is 0 Å². The maximum Gasteiger partial charge on any atom is 0.00362 e. The number of allylic oxidation sites excluding steroid dienone is 2. The molecule has 1 heteroatoms. The van der Waals surface area contributed by atoms with Crippen LogP contribution in [-0.4, -0.2) is 6.04 Å². The highest BCUT2D eigenvalue weighted by Gasteiger charge is 1.98. The molecule has 1 unspecified atom stereocenters. The van der Waals surface area contributed by atoms with Crippen molar-refractivity contribution in [2.75, 3.05) is 0 Å². The first-order valence-electron chi connectivity index (χ1n) is 10.2. The van der Waals surface area contributed by atoms with Crippen molar-refractivity contribution in [2.24, 2.45) is 5.73 Å². The van der Waals surface area contributed by atoms with Crippen LogP contribution in [-0.2, 0) is 0 Å². The molecule has 0 aromatic rings. The molecule has 0 rings (SSSR count). The van der Waals surface area contributed by atoms with E-state index in [-0.39, 0.29) is 0 Å². The zero-order chi connectivity index (χ0) is 16.3. The standard InChI is InChI=1S/C21H43N/c1-3-5-6-7-8-9-10-11-12-13-14-15-16-17-18-19-20-21(22)4-2/h11-12,21H,3-10,13-20,22H2,1-2H3. The Kier molecular flexibility index (Phi) is 18.5. The monoisotopic (exact) mass is 309 g/mol. The molecule has 0 saturated carbocycles. The van der Waals surface area contributed by atoms with Gasteiger partial charge in [0.2, 0.25) is 0 Å². The Bertz CT molecular complexity index is 222. The quantitative estimate of drug-likeness (QED) is 0.224. The smallest absolute Gasteiger partial charge is 0.00362 e. The number of rotatable bonds is 17. The van der Waals surface area contributed by atoms with Gasteiger partial charge < -0.3 is 5.73 Å². The van der Waals surface area contributed by atoms with Gasteiger partial charge in [-0.25, -0.2) is 0 Å². The van der Waals surface area contributed by atoms with Crippen LogP contribution >= 0.6 is 0 Å². The molecule has 0 radical (unpaired) electrons. The summed E-state index contributed by atoms with van der Waals surface area (Å²) < 4.78 is 0. The van der Waals surface area contributed by atoms with Gasteiger partial charge in [-0.05, 0) is 38.5 Å². The molecule has 132 valence electrons. The van der Waals surface area contributed by atoms with E-state index in [1.165, 1.54) is 96.3 Å². The van der Waals surface area contributed by atoms with Gasteiger partial charge in [-0.2, -0.15) is 0 Å². The molecule has 0 spiro atoms. The molecule has 0 aromatic heterocycles. The second kappa shape index (κ2) is 18.7. The summed E-state index contributed by atoms with van der Waals surface area (Å²) in [6.07, 6.45) is 26.5. The SMILES string of the molecule is CCCCCCCCC=CCCCCCCCCC(N)CC. The number of nitrogens with two attached hydrogens (primary N) is 1. The van der Waals surface area contributed by atoms with Gasteiger partial charge in [0.05, 0.1) is 0 Å². The average molecular weight is 310 g/mol. The molecule has 0 fully saturated rings. The van der Waals surface area contributed by atoms with E-state index < -0.39 is 0 Å². The summed E-state index contributed by atoms with van der Waals surface area (Å²) >= 11 is 0. The minimum atomic E-state index is 0.441. The minimum Gasteiger partial charge on any atom is -0.328 e. The Hall–Kier alpha value is -0.300. The maximum atomic E-state index is 5.93. The molecule has 0 saturated heterocycles. The van der Waals surface area contributed by atoms with Crippen LogP contribution in [0.1, 0.15) is 117 Å². The van der Waals surface area contributed by atoms with Gasteiger partial charge in [0.15, 0.2) is 0 Å². The summed E-state index contributed by atoms with van der Waals surface area (Å²) in [5, 5.41) is 0. The molecule has 2 N–H and O–H groups in total. The summed E-state index contributed by atoms with van der Waals surface area (Å²) in [6.45, 7) is 4.47. The fourth-order valence-corrected chi connectivity index (χ4v) is 2.86. The lowest BCUT2D eigenvalue weighted by Gasteiger charge is -2.07. The molecule has 0 aromatic carbocycles. The first-order chi connectivity index (χ1) is 10.8. The topological polar surface area (TPSA) is 26.0 Å². The number of hydrogen-bond acceptors (Lipinski definition) is 1. The van der Waals surface area contributed by atoms with Crippen LogP contribution in [0.2, 0.25) is 0 Å². The van der Waals surface area contributed by atoms with Crippen molar-refractivity contribution < 1.29 is 0 Å². The number of hydrogen-bond donors (Lipinski definition) is 1. The van der Waals surface area contributed by atoms with Crippen LogP contribution < -0.4 is 5.73 Å². The molecule has 0 aliphatic rings. The van der Waals surface area contributed by atoms with Crippen LogP contribution in [0.25, 0.3) is 0 Å². The maximum absolute atomic E-state index is 5.93. The molecule has 0 amide bonds. The molecular formula is C21H43N. The highest BCUT2D eigenvalue weighted by atomic mass is 14.6. The van der Waals surface area contributed by atoms with Crippen molar-refractivity contribution >= 4 is 0 Å². The van der Waals surface area contributed by atoms with Gasteiger partial charge >= 0.3 is 0 Å². The van der Waals surface area contributed by atoms with E-state index >= 15 is 0 Å². The highest BCUT2D eigenvalue weighted by Crippen LogP contribution is 2.11. The van der Waals surface area contributed by atoms with Gasteiger partial charge in [0, 0.05) is 6.04 Å². The van der Waals surface area contributed by atoms with Crippen LogP contribution in [0.3, 0.4) is 0 Å². The minimum absolute atomic E-state index is 0.441. The van der Waals surface area contributed by atoms with Crippen LogP contribution in [0, 0.1) is 0 Å². The van der Waals surface area contributed by atoms with Crippen LogP contribution in [0.4, 0.5) is 0 Å². The lowest BCUT2D eigenvalue weighted by molar-refractivity contribution is 0.523. The van der Waals surface area contributed by atoms with Crippen molar-refractivity contribution in [3.05, 3.63) is 12.2 Å². The van der Waals surface area contributed by atoms with Gasteiger partial charge in [-0.1, -0.05) is 90.2 Å². The molecule has 0 aliphatic heterocycles. The lowest BCUT2D eigenvalue weighted by atomic mass is 10.0. The third-order valence-electron chi connectivity index (χ3n) is 4.61. The van der Waals surface area contributed by atoms with Crippen molar-refractivity contribution in [1.82, 2.24) is 0 Å². The zero-order valence-electron chi connectivity index (χ0n) is 15.6. The van der Waals surface area contributed by atoms with E-state index in [2.05, 4.69) is 26.0 Å².